The zero-order valence-electron chi connectivity index (χ0n) is 8.25. The molecule has 0 aromatic rings. The fraction of sp³-hybridized carbons (Fsp3) is 1.00. The first-order valence-electron chi connectivity index (χ1n) is 5.22. The van der Waals surface area contributed by atoms with Crippen molar-refractivity contribution in [2.45, 2.75) is 37.0 Å². The van der Waals surface area contributed by atoms with Crippen LogP contribution >= 0.6 is 11.8 Å². The van der Waals surface area contributed by atoms with Crippen LogP contribution < -0.4 is 5.32 Å². The van der Waals surface area contributed by atoms with Crippen LogP contribution in [0.5, 0.6) is 0 Å². The van der Waals surface area contributed by atoms with E-state index < -0.39 is 0 Å². The second-order valence-corrected chi connectivity index (χ2v) is 6.02. The second-order valence-electron chi connectivity index (χ2n) is 4.59. The highest BCUT2D eigenvalue weighted by molar-refractivity contribution is 8.00. The summed E-state index contributed by atoms with van der Waals surface area (Å²) >= 11 is 1.98. The topological polar surface area (TPSA) is 32.3 Å². The molecule has 1 saturated heterocycles. The third-order valence-corrected chi connectivity index (χ3v) is 4.54. The Labute approximate surface area is 84.5 Å². The van der Waals surface area contributed by atoms with E-state index in [9.17, 15) is 5.11 Å². The molecule has 2 nitrogen and oxygen atoms in total. The van der Waals surface area contributed by atoms with E-state index in [4.69, 9.17) is 0 Å². The lowest BCUT2D eigenvalue weighted by molar-refractivity contribution is 0.174. The Morgan fingerprint density at radius 1 is 1.54 bits per heavy atom. The maximum Gasteiger partial charge on any atom is 0.0621 e. The summed E-state index contributed by atoms with van der Waals surface area (Å²) < 4.78 is 0. The Bertz CT molecular complexity index is 184. The van der Waals surface area contributed by atoms with Gasteiger partial charge >= 0.3 is 0 Å². The van der Waals surface area contributed by atoms with E-state index in [1.807, 2.05) is 11.8 Å². The molecular formula is C10H19NOS. The van der Waals surface area contributed by atoms with E-state index in [0.717, 1.165) is 24.6 Å². The molecule has 2 fully saturated rings. The molecule has 0 spiro atoms. The SMILES string of the molecule is CC1CC(CO)(NCC2CC2)CS1. The summed E-state index contributed by atoms with van der Waals surface area (Å²) in [5.41, 5.74) is 0.0483. The van der Waals surface area contributed by atoms with Crippen LogP contribution in [0.2, 0.25) is 0 Å². The Balaban J connectivity index is 1.82. The predicted octanol–water partition coefficient (Wildman–Crippen LogP) is 1.24. The van der Waals surface area contributed by atoms with Crippen LogP contribution in [0.1, 0.15) is 26.2 Å². The van der Waals surface area contributed by atoms with Crippen LogP contribution in [0.4, 0.5) is 0 Å². The van der Waals surface area contributed by atoms with Gasteiger partial charge in [-0.15, -0.1) is 0 Å². The Kier molecular flexibility index (Phi) is 2.86. The maximum absolute atomic E-state index is 9.39. The number of aliphatic hydroxyl groups excluding tert-OH is 1. The van der Waals surface area contributed by atoms with E-state index in [-0.39, 0.29) is 5.54 Å². The van der Waals surface area contributed by atoms with Gasteiger partial charge < -0.3 is 10.4 Å². The number of thioether (sulfide) groups is 1. The van der Waals surface area contributed by atoms with Crippen molar-refractivity contribution >= 4 is 11.8 Å². The number of hydrogen-bond acceptors (Lipinski definition) is 3. The summed E-state index contributed by atoms with van der Waals surface area (Å²) in [5.74, 6) is 1.99. The lowest BCUT2D eigenvalue weighted by Gasteiger charge is -2.27. The molecule has 13 heavy (non-hydrogen) atoms. The average molecular weight is 201 g/mol. The van der Waals surface area contributed by atoms with Gasteiger partial charge in [-0.3, -0.25) is 0 Å². The highest BCUT2D eigenvalue weighted by Gasteiger charge is 2.38. The van der Waals surface area contributed by atoms with Crippen LogP contribution in [0.25, 0.3) is 0 Å². The maximum atomic E-state index is 9.39. The summed E-state index contributed by atoms with van der Waals surface area (Å²) in [5, 5.41) is 13.7. The highest BCUT2D eigenvalue weighted by atomic mass is 32.2. The predicted molar refractivity (Wildman–Crippen MR) is 57.1 cm³/mol. The quantitative estimate of drug-likeness (QED) is 0.718. The van der Waals surface area contributed by atoms with Gasteiger partial charge in [-0.2, -0.15) is 11.8 Å². The molecule has 0 radical (unpaired) electrons. The summed E-state index contributed by atoms with van der Waals surface area (Å²) in [4.78, 5) is 0. The molecule has 1 aliphatic heterocycles. The van der Waals surface area contributed by atoms with Crippen molar-refractivity contribution < 1.29 is 5.11 Å². The van der Waals surface area contributed by atoms with Crippen LogP contribution in [0.3, 0.4) is 0 Å². The molecule has 2 N–H and O–H groups in total. The van der Waals surface area contributed by atoms with Gasteiger partial charge in [0.2, 0.25) is 0 Å². The van der Waals surface area contributed by atoms with Crippen molar-refractivity contribution in [2.75, 3.05) is 18.9 Å². The molecule has 1 heterocycles. The van der Waals surface area contributed by atoms with E-state index in [1.54, 1.807) is 0 Å². The molecule has 2 atom stereocenters. The zero-order chi connectivity index (χ0) is 9.31. The van der Waals surface area contributed by atoms with Crippen LogP contribution in [0.15, 0.2) is 0 Å². The van der Waals surface area contributed by atoms with Crippen molar-refractivity contribution in [3.8, 4) is 0 Å². The number of aliphatic hydroxyl groups is 1. The molecule has 2 rings (SSSR count). The molecule has 1 saturated carbocycles. The molecule has 76 valence electrons. The Morgan fingerprint density at radius 3 is 2.77 bits per heavy atom. The van der Waals surface area contributed by atoms with Crippen LogP contribution in [-0.4, -0.2) is 34.8 Å². The van der Waals surface area contributed by atoms with Gasteiger partial charge in [0.25, 0.3) is 0 Å². The third kappa shape index (κ3) is 2.39. The van der Waals surface area contributed by atoms with Crippen molar-refractivity contribution in [1.29, 1.82) is 0 Å². The lowest BCUT2D eigenvalue weighted by Crippen LogP contribution is -2.49. The van der Waals surface area contributed by atoms with E-state index in [1.165, 1.54) is 12.8 Å². The van der Waals surface area contributed by atoms with Crippen molar-refractivity contribution in [3.63, 3.8) is 0 Å². The fourth-order valence-electron chi connectivity index (χ4n) is 1.94. The minimum Gasteiger partial charge on any atom is -0.394 e. The molecule has 3 heteroatoms. The number of hydrogen-bond donors (Lipinski definition) is 2. The first-order valence-corrected chi connectivity index (χ1v) is 6.26. The highest BCUT2D eigenvalue weighted by Crippen LogP contribution is 2.35. The molecule has 0 aromatic carbocycles. The van der Waals surface area contributed by atoms with Crippen molar-refractivity contribution in [2.24, 2.45) is 5.92 Å². The van der Waals surface area contributed by atoms with E-state index in [2.05, 4.69) is 12.2 Å². The molecule has 1 aliphatic carbocycles. The number of rotatable bonds is 4. The van der Waals surface area contributed by atoms with E-state index in [0.29, 0.717) is 11.9 Å². The summed E-state index contributed by atoms with van der Waals surface area (Å²) in [7, 11) is 0. The Hall–Kier alpha value is 0.270. The zero-order valence-corrected chi connectivity index (χ0v) is 9.07. The normalized spacial score (nSPS) is 39.7. The molecule has 0 amide bonds. The number of nitrogens with one attached hydrogen (secondary N) is 1. The minimum atomic E-state index is 0.0483. The third-order valence-electron chi connectivity index (χ3n) is 3.09. The molecule has 0 aromatic heterocycles. The summed E-state index contributed by atoms with van der Waals surface area (Å²) in [6, 6.07) is 0. The van der Waals surface area contributed by atoms with Gasteiger partial charge in [-0.1, -0.05) is 6.92 Å². The van der Waals surface area contributed by atoms with Crippen LogP contribution in [-0.2, 0) is 0 Å². The van der Waals surface area contributed by atoms with Gasteiger partial charge in [0.05, 0.1) is 12.1 Å². The fourth-order valence-corrected chi connectivity index (χ4v) is 3.29. The molecule has 0 bridgehead atoms. The van der Waals surface area contributed by atoms with E-state index >= 15 is 0 Å². The van der Waals surface area contributed by atoms with Gasteiger partial charge in [0.1, 0.15) is 0 Å². The van der Waals surface area contributed by atoms with Gasteiger partial charge in [-0.25, -0.2) is 0 Å². The summed E-state index contributed by atoms with van der Waals surface area (Å²) in [6.07, 6.45) is 3.90. The first-order chi connectivity index (χ1) is 6.24. The molecular weight excluding hydrogens is 182 g/mol. The largest absolute Gasteiger partial charge is 0.394 e. The average Bonchev–Trinajstić information content (AvgIpc) is 2.88. The van der Waals surface area contributed by atoms with Crippen molar-refractivity contribution in [3.05, 3.63) is 0 Å². The molecule has 2 aliphatic rings. The smallest absolute Gasteiger partial charge is 0.0621 e. The monoisotopic (exact) mass is 201 g/mol. The van der Waals surface area contributed by atoms with Gasteiger partial charge in [-0.05, 0) is 31.7 Å². The van der Waals surface area contributed by atoms with Crippen molar-refractivity contribution in [1.82, 2.24) is 5.32 Å². The van der Waals surface area contributed by atoms with Gasteiger partial charge in [0.15, 0.2) is 0 Å². The van der Waals surface area contributed by atoms with Crippen LogP contribution in [0, 0.1) is 5.92 Å². The molecule has 2 unspecified atom stereocenters. The lowest BCUT2D eigenvalue weighted by atomic mass is 9.97. The minimum absolute atomic E-state index is 0.0483. The Morgan fingerprint density at radius 2 is 2.31 bits per heavy atom. The summed E-state index contributed by atoms with van der Waals surface area (Å²) in [6.45, 7) is 3.67. The second kappa shape index (κ2) is 3.79. The first kappa shape index (κ1) is 9.81. The standard InChI is InChI=1S/C10H19NOS/c1-8-4-10(6-12,7-13-8)11-5-9-2-3-9/h8-9,11-12H,2-7H2,1H3. The van der Waals surface area contributed by atoms with Gasteiger partial charge in [0, 0.05) is 11.0 Å².